The highest BCUT2D eigenvalue weighted by Crippen LogP contribution is 2.59. The minimum absolute atomic E-state index is 0.271. The molecule has 0 radical (unpaired) electrons. The first-order valence-electron chi connectivity index (χ1n) is 12.3. The highest BCUT2D eigenvalue weighted by Gasteiger charge is 2.58. The smallest absolute Gasteiger partial charge is 0.314 e. The molecule has 0 unspecified atom stereocenters. The lowest BCUT2D eigenvalue weighted by Crippen LogP contribution is -2.27. The highest BCUT2D eigenvalue weighted by atomic mass is 35.5. The Morgan fingerprint density at radius 2 is 1.80 bits per heavy atom. The van der Waals surface area contributed by atoms with Crippen molar-refractivity contribution in [2.24, 2.45) is 18.4 Å². The van der Waals surface area contributed by atoms with Crippen LogP contribution in [0.15, 0.2) is 48.5 Å². The Labute approximate surface area is 209 Å². The maximum absolute atomic E-state index is 12.8. The van der Waals surface area contributed by atoms with Crippen LogP contribution in [0.25, 0.3) is 11.4 Å². The molecule has 1 aliphatic carbocycles. The van der Waals surface area contributed by atoms with Crippen molar-refractivity contribution in [2.45, 2.75) is 44.7 Å². The van der Waals surface area contributed by atoms with E-state index in [1.165, 1.54) is 18.6 Å². The molecule has 4 nitrogen and oxygen atoms in total. The van der Waals surface area contributed by atoms with Crippen LogP contribution in [0.1, 0.15) is 42.6 Å². The summed E-state index contributed by atoms with van der Waals surface area (Å²) in [6.45, 7) is 3.25. The fraction of sp³-hybridized carbons (Fsp3) is 0.481. The van der Waals surface area contributed by atoms with Crippen LogP contribution in [0.2, 0.25) is 5.02 Å². The molecule has 1 aliphatic heterocycles. The summed E-state index contributed by atoms with van der Waals surface area (Å²) in [6, 6.07) is 13.4. The molecular weight excluding hydrogens is 473 g/mol. The van der Waals surface area contributed by atoms with Gasteiger partial charge in [0.15, 0.2) is 5.82 Å². The van der Waals surface area contributed by atoms with Crippen LogP contribution in [-0.4, -0.2) is 39.3 Å². The van der Waals surface area contributed by atoms with Crippen molar-refractivity contribution in [3.8, 4) is 11.4 Å². The molecule has 0 amide bonds. The van der Waals surface area contributed by atoms with Crippen LogP contribution >= 0.6 is 11.6 Å². The van der Waals surface area contributed by atoms with Gasteiger partial charge in [0.05, 0.1) is 10.6 Å². The number of likely N-dealkylation sites (tertiary alicyclic amines) is 1. The lowest BCUT2D eigenvalue weighted by molar-refractivity contribution is -0.137. The first-order valence-corrected chi connectivity index (χ1v) is 12.6. The average molecular weight is 503 g/mol. The summed E-state index contributed by atoms with van der Waals surface area (Å²) in [4.78, 5) is 2.54. The molecule has 0 bridgehead atoms. The fourth-order valence-electron chi connectivity index (χ4n) is 5.62. The zero-order valence-corrected chi connectivity index (χ0v) is 20.6. The number of aromatic nitrogens is 3. The van der Waals surface area contributed by atoms with Crippen LogP contribution in [0, 0.1) is 11.3 Å². The molecule has 2 fully saturated rings. The van der Waals surface area contributed by atoms with E-state index in [1.807, 2.05) is 35.9 Å². The van der Waals surface area contributed by atoms with Gasteiger partial charge in [0.2, 0.25) is 0 Å². The van der Waals surface area contributed by atoms with Crippen LogP contribution in [0.5, 0.6) is 0 Å². The van der Waals surface area contributed by atoms with Crippen LogP contribution in [-0.2, 0) is 26.1 Å². The topological polar surface area (TPSA) is 34.0 Å². The van der Waals surface area contributed by atoms with E-state index in [2.05, 4.69) is 15.1 Å². The van der Waals surface area contributed by atoms with E-state index in [0.717, 1.165) is 74.5 Å². The molecule has 3 aromatic rings. The number of rotatable bonds is 9. The van der Waals surface area contributed by atoms with Gasteiger partial charge in [-0.1, -0.05) is 42.3 Å². The standard InChI is InChI=1S/C27H30ClF3N4/c1-34-24(32-33-25(34)22-7-4-5-8-23(22)28)9-3-2-6-14-35-17-21-16-26(21,18-35)15-19-10-12-20(13-11-19)27(29,30)31/h4-5,7-8,10-13,21H,2-3,6,9,14-18H2,1H3/t21-,26+/m0/s1. The third-order valence-electron chi connectivity index (χ3n) is 7.67. The van der Waals surface area contributed by atoms with Crippen LogP contribution in [0.4, 0.5) is 13.2 Å². The molecular formula is C27H30ClF3N4. The van der Waals surface area contributed by atoms with Crippen molar-refractivity contribution >= 4 is 11.6 Å². The fourth-order valence-corrected chi connectivity index (χ4v) is 5.84. The van der Waals surface area contributed by atoms with Gasteiger partial charge in [-0.3, -0.25) is 0 Å². The number of aryl methyl sites for hydroxylation is 1. The first-order chi connectivity index (χ1) is 16.7. The van der Waals surface area contributed by atoms with Gasteiger partial charge in [-0.15, -0.1) is 10.2 Å². The SMILES string of the molecule is Cn1c(CCCCCN2C[C@@H]3C[C@]3(Cc3ccc(C(F)(F)F)cc3)C2)nnc1-c1ccccc1Cl. The van der Waals surface area contributed by atoms with E-state index < -0.39 is 11.7 Å². The molecule has 2 heterocycles. The summed E-state index contributed by atoms with van der Waals surface area (Å²) in [6.07, 6.45) is 2.01. The maximum Gasteiger partial charge on any atom is 0.416 e. The number of unbranched alkanes of at least 4 members (excludes halogenated alkanes) is 2. The lowest BCUT2D eigenvalue weighted by Gasteiger charge is -2.21. The molecule has 8 heteroatoms. The second kappa shape index (κ2) is 9.58. The molecule has 1 aromatic heterocycles. The molecule has 0 spiro atoms. The second-order valence-corrected chi connectivity index (χ2v) is 10.6. The molecule has 2 aromatic carbocycles. The number of halogens is 4. The summed E-state index contributed by atoms with van der Waals surface area (Å²) < 4.78 is 40.5. The largest absolute Gasteiger partial charge is 0.416 e. The maximum atomic E-state index is 12.8. The van der Waals surface area contributed by atoms with Gasteiger partial charge >= 0.3 is 6.18 Å². The van der Waals surface area contributed by atoms with E-state index in [-0.39, 0.29) is 5.41 Å². The number of hydrogen-bond acceptors (Lipinski definition) is 3. The second-order valence-electron chi connectivity index (χ2n) is 10.2. The van der Waals surface area contributed by atoms with Crippen molar-refractivity contribution in [3.05, 3.63) is 70.5 Å². The Hall–Kier alpha value is -2.38. The Morgan fingerprint density at radius 1 is 1.03 bits per heavy atom. The van der Waals surface area contributed by atoms with Crippen molar-refractivity contribution in [1.29, 1.82) is 0 Å². The Bertz CT molecular complexity index is 1170. The number of benzene rings is 2. The van der Waals surface area contributed by atoms with Gasteiger partial charge in [-0.2, -0.15) is 13.2 Å². The van der Waals surface area contributed by atoms with Gasteiger partial charge in [0.25, 0.3) is 0 Å². The number of nitrogens with zero attached hydrogens (tertiary/aromatic N) is 4. The van der Waals surface area contributed by atoms with Gasteiger partial charge < -0.3 is 9.47 Å². The Kier molecular flexibility index (Phi) is 6.66. The quantitative estimate of drug-likeness (QED) is 0.316. The highest BCUT2D eigenvalue weighted by molar-refractivity contribution is 6.33. The van der Waals surface area contributed by atoms with E-state index in [1.54, 1.807) is 12.1 Å². The van der Waals surface area contributed by atoms with Crippen LogP contribution in [0.3, 0.4) is 0 Å². The zero-order chi connectivity index (χ0) is 24.6. The monoisotopic (exact) mass is 502 g/mol. The van der Waals surface area contributed by atoms with Gasteiger partial charge in [0.1, 0.15) is 5.82 Å². The van der Waals surface area contributed by atoms with Crippen molar-refractivity contribution in [3.63, 3.8) is 0 Å². The van der Waals surface area contributed by atoms with E-state index in [4.69, 9.17) is 11.6 Å². The molecule has 1 saturated carbocycles. The number of piperidine rings is 1. The predicted octanol–water partition coefficient (Wildman–Crippen LogP) is 6.43. The summed E-state index contributed by atoms with van der Waals surface area (Å²) in [7, 11) is 1.99. The molecule has 2 atom stereocenters. The predicted molar refractivity (Wildman–Crippen MR) is 131 cm³/mol. The summed E-state index contributed by atoms with van der Waals surface area (Å²) in [5.41, 5.74) is 1.61. The minimum atomic E-state index is -4.27. The third kappa shape index (κ3) is 5.26. The van der Waals surface area contributed by atoms with E-state index in [0.29, 0.717) is 10.9 Å². The summed E-state index contributed by atoms with van der Waals surface area (Å²) >= 11 is 6.31. The minimum Gasteiger partial charge on any atom is -0.314 e. The molecule has 2 aliphatic rings. The summed E-state index contributed by atoms with van der Waals surface area (Å²) in [5.74, 6) is 2.45. The third-order valence-corrected chi connectivity index (χ3v) is 8.00. The lowest BCUT2D eigenvalue weighted by atomic mass is 9.95. The Morgan fingerprint density at radius 3 is 2.54 bits per heavy atom. The van der Waals surface area contributed by atoms with Gasteiger partial charge in [-0.25, -0.2) is 0 Å². The normalized spacial score (nSPS) is 21.9. The molecule has 35 heavy (non-hydrogen) atoms. The molecule has 5 rings (SSSR count). The van der Waals surface area contributed by atoms with Gasteiger partial charge in [-0.05, 0) is 73.4 Å². The molecule has 1 saturated heterocycles. The molecule has 186 valence electrons. The zero-order valence-electron chi connectivity index (χ0n) is 19.9. The summed E-state index contributed by atoms with van der Waals surface area (Å²) in [5, 5.41) is 9.39. The molecule has 0 N–H and O–H groups in total. The number of alkyl halides is 3. The number of fused-ring (bicyclic) bond motifs is 1. The van der Waals surface area contributed by atoms with E-state index in [9.17, 15) is 13.2 Å². The van der Waals surface area contributed by atoms with E-state index >= 15 is 0 Å². The average Bonchev–Trinajstić information content (AvgIpc) is 3.15. The first kappa shape index (κ1) is 24.3. The van der Waals surface area contributed by atoms with Crippen molar-refractivity contribution < 1.29 is 13.2 Å². The number of hydrogen-bond donors (Lipinski definition) is 0. The van der Waals surface area contributed by atoms with Gasteiger partial charge in [0, 0.05) is 32.1 Å². The van der Waals surface area contributed by atoms with Crippen molar-refractivity contribution in [2.75, 3.05) is 19.6 Å². The van der Waals surface area contributed by atoms with Crippen LogP contribution < -0.4 is 0 Å². The Balaban J connectivity index is 1.05. The van der Waals surface area contributed by atoms with Crippen molar-refractivity contribution in [1.82, 2.24) is 19.7 Å².